The van der Waals surface area contributed by atoms with Gasteiger partial charge in [0.1, 0.15) is 5.82 Å². The molecule has 2 rings (SSSR count). The van der Waals surface area contributed by atoms with Crippen molar-refractivity contribution in [3.63, 3.8) is 0 Å². The van der Waals surface area contributed by atoms with Crippen molar-refractivity contribution in [3.05, 3.63) is 23.9 Å². The summed E-state index contributed by atoms with van der Waals surface area (Å²) in [6, 6.07) is 3.69. The third-order valence-corrected chi connectivity index (χ3v) is 4.35. The van der Waals surface area contributed by atoms with Gasteiger partial charge in [-0.2, -0.15) is 0 Å². The number of carbonyl (C=O) groups excluding carboxylic acids is 1. The van der Waals surface area contributed by atoms with Gasteiger partial charge in [-0.05, 0) is 25.0 Å². The molecule has 1 aliphatic carbocycles. The Hall–Kier alpha value is -1.62. The lowest BCUT2D eigenvalue weighted by Gasteiger charge is -2.51. The smallest absolute Gasteiger partial charge is 0.251 e. The Kier molecular flexibility index (Phi) is 4.83. The molecule has 0 spiro atoms. The number of rotatable bonds is 6. The van der Waals surface area contributed by atoms with Crippen LogP contribution >= 0.6 is 0 Å². The van der Waals surface area contributed by atoms with E-state index in [2.05, 4.69) is 36.4 Å². The number of aromatic nitrogens is 1. The van der Waals surface area contributed by atoms with Crippen LogP contribution in [0.4, 0.5) is 5.82 Å². The highest BCUT2D eigenvalue weighted by molar-refractivity contribution is 5.95. The van der Waals surface area contributed by atoms with Gasteiger partial charge in [0.2, 0.25) is 0 Å². The molecule has 5 heteroatoms. The molecule has 2 atom stereocenters. The predicted octanol–water partition coefficient (Wildman–Crippen LogP) is 2.45. The largest absolute Gasteiger partial charge is 0.381 e. The van der Waals surface area contributed by atoms with Crippen LogP contribution in [-0.2, 0) is 4.74 Å². The molecule has 0 radical (unpaired) electrons. The Balaban J connectivity index is 1.98. The van der Waals surface area contributed by atoms with Crippen molar-refractivity contribution in [1.82, 2.24) is 10.3 Å². The number of nitrogens with zero attached hydrogens (tertiary/aromatic N) is 1. The lowest BCUT2D eigenvalue weighted by Crippen LogP contribution is -2.61. The maximum atomic E-state index is 12.3. The van der Waals surface area contributed by atoms with E-state index < -0.39 is 0 Å². The van der Waals surface area contributed by atoms with Gasteiger partial charge in [-0.1, -0.05) is 20.8 Å². The van der Waals surface area contributed by atoms with Crippen molar-refractivity contribution in [2.75, 3.05) is 19.0 Å². The number of carbonyl (C=O) groups is 1. The molecule has 1 heterocycles. The summed E-state index contributed by atoms with van der Waals surface area (Å²) in [5, 5.41) is 6.29. The van der Waals surface area contributed by atoms with Crippen molar-refractivity contribution < 1.29 is 9.53 Å². The van der Waals surface area contributed by atoms with Gasteiger partial charge in [0.05, 0.1) is 6.10 Å². The number of ether oxygens (including phenoxy) is 1. The zero-order valence-corrected chi connectivity index (χ0v) is 13.3. The Morgan fingerprint density at radius 2 is 2.29 bits per heavy atom. The third kappa shape index (κ3) is 3.35. The summed E-state index contributed by atoms with van der Waals surface area (Å²) < 4.78 is 5.41. The molecular formula is C16H25N3O2. The number of methoxy groups -OCH3 is 1. The zero-order chi connectivity index (χ0) is 15.5. The van der Waals surface area contributed by atoms with E-state index in [0.29, 0.717) is 5.56 Å². The maximum Gasteiger partial charge on any atom is 0.251 e. The van der Waals surface area contributed by atoms with Crippen LogP contribution in [0.15, 0.2) is 18.3 Å². The minimum absolute atomic E-state index is 0.0271. The van der Waals surface area contributed by atoms with Crippen LogP contribution in [0.3, 0.4) is 0 Å². The van der Waals surface area contributed by atoms with Gasteiger partial charge in [0.15, 0.2) is 0 Å². The first-order valence-electron chi connectivity index (χ1n) is 7.52. The van der Waals surface area contributed by atoms with Crippen LogP contribution < -0.4 is 10.6 Å². The molecule has 21 heavy (non-hydrogen) atoms. The fraction of sp³-hybridized carbons (Fsp3) is 0.625. The summed E-state index contributed by atoms with van der Waals surface area (Å²) >= 11 is 0. The normalized spacial score (nSPS) is 23.2. The van der Waals surface area contributed by atoms with Crippen LogP contribution in [-0.4, -0.2) is 36.7 Å². The molecule has 1 amide bonds. The number of hydrogen-bond acceptors (Lipinski definition) is 4. The summed E-state index contributed by atoms with van der Waals surface area (Å²) in [6.45, 7) is 7.19. The Morgan fingerprint density at radius 1 is 1.52 bits per heavy atom. The molecule has 1 aromatic rings. The van der Waals surface area contributed by atoms with Gasteiger partial charge in [-0.3, -0.25) is 4.79 Å². The standard InChI is InChI=1S/C16H25N3O2/c1-5-7-17-14-9-11(6-8-18-14)15(20)19-12-10-13(21-4)16(12,2)3/h6,8-9,12-13H,5,7,10H2,1-4H3,(H,17,18)(H,19,20). The highest BCUT2D eigenvalue weighted by Gasteiger charge is 2.49. The second kappa shape index (κ2) is 6.43. The van der Waals surface area contributed by atoms with Crippen molar-refractivity contribution in [1.29, 1.82) is 0 Å². The van der Waals surface area contributed by atoms with E-state index in [1.165, 1.54) is 0 Å². The fourth-order valence-corrected chi connectivity index (χ4v) is 2.69. The Labute approximate surface area is 126 Å². The van der Waals surface area contributed by atoms with E-state index in [0.717, 1.165) is 25.2 Å². The van der Waals surface area contributed by atoms with Gasteiger partial charge in [0, 0.05) is 36.9 Å². The average Bonchev–Trinajstić information content (AvgIpc) is 2.49. The summed E-state index contributed by atoms with van der Waals surface area (Å²) in [6.07, 6.45) is 3.76. The first kappa shape index (κ1) is 15.8. The van der Waals surface area contributed by atoms with Crippen LogP contribution in [0.5, 0.6) is 0 Å². The van der Waals surface area contributed by atoms with Gasteiger partial charge in [0.25, 0.3) is 5.91 Å². The molecule has 1 aromatic heterocycles. The molecule has 5 nitrogen and oxygen atoms in total. The lowest BCUT2D eigenvalue weighted by atomic mass is 9.64. The fourth-order valence-electron chi connectivity index (χ4n) is 2.69. The molecule has 116 valence electrons. The van der Waals surface area contributed by atoms with Crippen LogP contribution in [0.2, 0.25) is 0 Å². The molecule has 2 N–H and O–H groups in total. The topological polar surface area (TPSA) is 63.2 Å². The molecular weight excluding hydrogens is 266 g/mol. The highest BCUT2D eigenvalue weighted by atomic mass is 16.5. The molecule has 0 bridgehead atoms. The summed E-state index contributed by atoms with van der Waals surface area (Å²) in [7, 11) is 1.72. The second-order valence-corrected chi connectivity index (χ2v) is 6.16. The highest BCUT2D eigenvalue weighted by Crippen LogP contribution is 2.42. The number of anilines is 1. The third-order valence-electron chi connectivity index (χ3n) is 4.35. The van der Waals surface area contributed by atoms with Gasteiger partial charge < -0.3 is 15.4 Å². The van der Waals surface area contributed by atoms with E-state index in [-0.39, 0.29) is 23.5 Å². The zero-order valence-electron chi connectivity index (χ0n) is 13.3. The average molecular weight is 291 g/mol. The second-order valence-electron chi connectivity index (χ2n) is 6.16. The molecule has 1 saturated carbocycles. The van der Waals surface area contributed by atoms with E-state index in [9.17, 15) is 4.79 Å². The predicted molar refractivity (Wildman–Crippen MR) is 83.5 cm³/mol. The minimum Gasteiger partial charge on any atom is -0.381 e. The van der Waals surface area contributed by atoms with Crippen molar-refractivity contribution in [2.45, 2.75) is 45.8 Å². The summed E-state index contributed by atoms with van der Waals surface area (Å²) in [5.74, 6) is 0.691. The molecule has 0 saturated heterocycles. The van der Waals surface area contributed by atoms with Crippen LogP contribution in [0.25, 0.3) is 0 Å². The van der Waals surface area contributed by atoms with Gasteiger partial charge in [-0.25, -0.2) is 4.98 Å². The molecule has 1 fully saturated rings. The quantitative estimate of drug-likeness (QED) is 0.845. The molecule has 0 aliphatic heterocycles. The van der Waals surface area contributed by atoms with Gasteiger partial charge in [-0.15, -0.1) is 0 Å². The minimum atomic E-state index is -0.0513. The van der Waals surface area contributed by atoms with E-state index in [1.807, 2.05) is 0 Å². The van der Waals surface area contributed by atoms with E-state index >= 15 is 0 Å². The van der Waals surface area contributed by atoms with Crippen LogP contribution in [0, 0.1) is 5.41 Å². The first-order chi connectivity index (χ1) is 9.98. The Morgan fingerprint density at radius 3 is 2.90 bits per heavy atom. The number of nitrogens with one attached hydrogen (secondary N) is 2. The van der Waals surface area contributed by atoms with Crippen molar-refractivity contribution in [2.24, 2.45) is 5.41 Å². The summed E-state index contributed by atoms with van der Waals surface area (Å²) in [4.78, 5) is 16.6. The van der Waals surface area contributed by atoms with E-state index in [4.69, 9.17) is 4.74 Å². The van der Waals surface area contributed by atoms with Crippen molar-refractivity contribution in [3.8, 4) is 0 Å². The Bertz CT molecular complexity index is 502. The number of amides is 1. The molecule has 2 unspecified atom stereocenters. The van der Waals surface area contributed by atoms with Crippen molar-refractivity contribution >= 4 is 11.7 Å². The monoisotopic (exact) mass is 291 g/mol. The molecule has 0 aromatic carbocycles. The number of hydrogen-bond donors (Lipinski definition) is 2. The van der Waals surface area contributed by atoms with Crippen LogP contribution in [0.1, 0.15) is 44.0 Å². The maximum absolute atomic E-state index is 12.3. The summed E-state index contributed by atoms with van der Waals surface area (Å²) in [5.41, 5.74) is 0.612. The SMILES string of the molecule is CCCNc1cc(C(=O)NC2CC(OC)C2(C)C)ccn1. The first-order valence-corrected chi connectivity index (χ1v) is 7.52. The van der Waals surface area contributed by atoms with E-state index in [1.54, 1.807) is 25.4 Å². The lowest BCUT2D eigenvalue weighted by molar-refractivity contribution is -0.0942. The van der Waals surface area contributed by atoms with Gasteiger partial charge >= 0.3 is 0 Å². The molecule has 1 aliphatic rings. The number of pyridine rings is 1.